The zero-order chi connectivity index (χ0) is 29.5. The molecule has 5 rings (SSSR count). The van der Waals surface area contributed by atoms with E-state index in [-0.39, 0.29) is 24.1 Å². The van der Waals surface area contributed by atoms with Gasteiger partial charge in [0.05, 0.1) is 12.3 Å². The highest BCUT2D eigenvalue weighted by molar-refractivity contribution is 6.03. The lowest BCUT2D eigenvalue weighted by atomic mass is 9.83. The molecule has 3 aromatic rings. The first-order chi connectivity index (χ1) is 19.4. The Morgan fingerprint density at radius 3 is 2.63 bits per heavy atom. The van der Waals surface area contributed by atoms with E-state index < -0.39 is 28.8 Å². The number of hydrogen-bond donors (Lipinski definition) is 1. The molecule has 1 aromatic carbocycles. The maximum Gasteiger partial charge on any atom is 0.435 e. The van der Waals surface area contributed by atoms with Crippen LogP contribution in [0.4, 0.5) is 14.9 Å². The summed E-state index contributed by atoms with van der Waals surface area (Å²) >= 11 is 0. The average molecular weight is 559 g/mol. The quantitative estimate of drug-likeness (QED) is 0.462. The SMILES string of the molecule is Cc1cc(N2CC[C@@](C#N)(C3CC3)C2=O)cc(C(=O)NCc2cc(F)cc(-c3cnn(C(=O)OC(C)(C)C)c3)c2)n1. The molecule has 0 radical (unpaired) electrons. The Kier molecular flexibility index (Phi) is 7.11. The highest BCUT2D eigenvalue weighted by Crippen LogP contribution is 2.51. The smallest absolute Gasteiger partial charge is 0.435 e. The Labute approximate surface area is 237 Å². The Balaban J connectivity index is 1.29. The van der Waals surface area contributed by atoms with E-state index in [1.165, 1.54) is 24.5 Å². The molecule has 212 valence electrons. The van der Waals surface area contributed by atoms with Crippen molar-refractivity contribution in [2.45, 2.75) is 59.1 Å². The lowest BCUT2D eigenvalue weighted by Crippen LogP contribution is -2.35. The van der Waals surface area contributed by atoms with Crippen LogP contribution < -0.4 is 10.2 Å². The van der Waals surface area contributed by atoms with E-state index in [1.807, 2.05) is 0 Å². The highest BCUT2D eigenvalue weighted by Gasteiger charge is 2.56. The fourth-order valence-corrected chi connectivity index (χ4v) is 5.13. The zero-order valence-electron chi connectivity index (χ0n) is 23.4. The second kappa shape index (κ2) is 10.4. The van der Waals surface area contributed by atoms with E-state index >= 15 is 0 Å². The second-order valence-electron chi connectivity index (χ2n) is 11.6. The van der Waals surface area contributed by atoms with Crippen LogP contribution in [0, 0.1) is 35.4 Å². The molecule has 2 aliphatic rings. The summed E-state index contributed by atoms with van der Waals surface area (Å²) in [5.74, 6) is -1.13. The van der Waals surface area contributed by atoms with Crippen molar-refractivity contribution in [2.24, 2.45) is 11.3 Å². The fourth-order valence-electron chi connectivity index (χ4n) is 5.13. The molecule has 2 amide bonds. The van der Waals surface area contributed by atoms with Crippen molar-refractivity contribution in [2.75, 3.05) is 11.4 Å². The fraction of sp³-hybridized carbons (Fsp3) is 0.400. The molecule has 1 aliphatic carbocycles. The summed E-state index contributed by atoms with van der Waals surface area (Å²) in [4.78, 5) is 44.5. The first-order valence-electron chi connectivity index (χ1n) is 13.5. The summed E-state index contributed by atoms with van der Waals surface area (Å²) in [5, 5.41) is 16.6. The first kappa shape index (κ1) is 28.0. The molecule has 3 heterocycles. The minimum absolute atomic E-state index is 0.0105. The third-order valence-corrected chi connectivity index (χ3v) is 7.22. The molecule has 0 spiro atoms. The Bertz CT molecular complexity index is 1580. The van der Waals surface area contributed by atoms with Crippen LogP contribution >= 0.6 is 0 Å². The van der Waals surface area contributed by atoms with Gasteiger partial charge in [0.2, 0.25) is 5.91 Å². The summed E-state index contributed by atoms with van der Waals surface area (Å²) in [6.45, 7) is 7.39. The summed E-state index contributed by atoms with van der Waals surface area (Å²) in [7, 11) is 0. The molecular formula is C30H31FN6O4. The van der Waals surface area contributed by atoms with Gasteiger partial charge in [-0.05, 0) is 94.3 Å². The number of rotatable bonds is 6. The molecule has 1 saturated carbocycles. The van der Waals surface area contributed by atoms with Crippen LogP contribution in [-0.2, 0) is 16.1 Å². The number of aryl methyl sites for hydroxylation is 1. The summed E-state index contributed by atoms with van der Waals surface area (Å²) < 4.78 is 20.9. The van der Waals surface area contributed by atoms with E-state index in [4.69, 9.17) is 4.74 Å². The maximum atomic E-state index is 14.5. The monoisotopic (exact) mass is 558 g/mol. The topological polar surface area (TPSA) is 130 Å². The predicted octanol–water partition coefficient (Wildman–Crippen LogP) is 4.76. The van der Waals surface area contributed by atoms with Gasteiger partial charge < -0.3 is 15.0 Å². The van der Waals surface area contributed by atoms with Crippen LogP contribution in [0.5, 0.6) is 0 Å². The molecule has 1 aliphatic heterocycles. The van der Waals surface area contributed by atoms with Crippen LogP contribution in [0.1, 0.15) is 61.8 Å². The maximum absolute atomic E-state index is 14.5. The van der Waals surface area contributed by atoms with Crippen molar-refractivity contribution < 1.29 is 23.5 Å². The molecule has 2 aromatic heterocycles. The molecule has 0 unspecified atom stereocenters. The third-order valence-electron chi connectivity index (χ3n) is 7.22. The van der Waals surface area contributed by atoms with E-state index in [0.717, 1.165) is 17.5 Å². The number of pyridine rings is 1. The Morgan fingerprint density at radius 1 is 1.20 bits per heavy atom. The number of aromatic nitrogens is 3. The van der Waals surface area contributed by atoms with Gasteiger partial charge >= 0.3 is 6.09 Å². The number of hydrogen-bond acceptors (Lipinski definition) is 7. The molecule has 11 heteroatoms. The van der Waals surface area contributed by atoms with E-state index in [1.54, 1.807) is 50.8 Å². The standard InChI is InChI=1S/C30H31FN6O4/c1-18-9-24(36-8-7-30(17-32,27(36)39)22-5-6-22)13-25(35-18)26(38)33-14-19-10-20(12-23(31)11-19)21-15-34-37(16-21)28(40)41-29(2,3)4/h9-13,15-16,22H,5-8,14H2,1-4H3,(H,33,38)/t30-/m1/s1. The average Bonchev–Trinajstić information content (AvgIpc) is 3.53. The second-order valence-corrected chi connectivity index (χ2v) is 11.6. The minimum Gasteiger partial charge on any atom is -0.442 e. The number of ether oxygens (including phenoxy) is 1. The van der Waals surface area contributed by atoms with Gasteiger partial charge in [0, 0.05) is 36.2 Å². The van der Waals surface area contributed by atoms with Gasteiger partial charge in [-0.25, -0.2) is 14.2 Å². The van der Waals surface area contributed by atoms with Gasteiger partial charge in [0.1, 0.15) is 22.5 Å². The highest BCUT2D eigenvalue weighted by atomic mass is 19.1. The number of amides is 2. The summed E-state index contributed by atoms with van der Waals surface area (Å²) in [5.41, 5.74) is 0.984. The largest absolute Gasteiger partial charge is 0.442 e. The molecule has 41 heavy (non-hydrogen) atoms. The van der Waals surface area contributed by atoms with Crippen molar-refractivity contribution in [3.8, 4) is 17.2 Å². The number of carbonyl (C=O) groups excluding carboxylic acids is 3. The van der Waals surface area contributed by atoms with Gasteiger partial charge in [0.25, 0.3) is 5.91 Å². The van der Waals surface area contributed by atoms with Crippen molar-refractivity contribution >= 4 is 23.6 Å². The summed E-state index contributed by atoms with van der Waals surface area (Å²) in [6.07, 6.45) is 4.46. The zero-order valence-corrected chi connectivity index (χ0v) is 23.4. The van der Waals surface area contributed by atoms with Crippen molar-refractivity contribution in [3.63, 3.8) is 0 Å². The van der Waals surface area contributed by atoms with E-state index in [0.29, 0.717) is 41.0 Å². The van der Waals surface area contributed by atoms with Gasteiger partial charge in [0.15, 0.2) is 0 Å². The molecule has 2 fully saturated rings. The van der Waals surface area contributed by atoms with Crippen molar-refractivity contribution in [3.05, 3.63) is 65.5 Å². The number of halogens is 1. The molecule has 1 saturated heterocycles. The molecular weight excluding hydrogens is 527 g/mol. The molecule has 1 N–H and O–H groups in total. The normalized spacial score (nSPS) is 18.7. The molecule has 0 bridgehead atoms. The Hall–Kier alpha value is -4.59. The van der Waals surface area contributed by atoms with Gasteiger partial charge in [-0.2, -0.15) is 15.0 Å². The first-order valence-corrected chi connectivity index (χ1v) is 13.5. The van der Waals surface area contributed by atoms with Crippen molar-refractivity contribution in [1.29, 1.82) is 5.26 Å². The lowest BCUT2D eigenvalue weighted by Gasteiger charge is -2.21. The summed E-state index contributed by atoms with van der Waals surface area (Å²) in [6, 6.07) is 9.85. The van der Waals surface area contributed by atoms with E-state index in [9.17, 15) is 24.0 Å². The number of carbonyl (C=O) groups is 3. The van der Waals surface area contributed by atoms with Gasteiger partial charge in [-0.1, -0.05) is 0 Å². The Morgan fingerprint density at radius 2 is 1.95 bits per heavy atom. The van der Waals surface area contributed by atoms with Crippen LogP contribution in [0.15, 0.2) is 42.7 Å². The number of anilines is 1. The number of benzene rings is 1. The van der Waals surface area contributed by atoms with Gasteiger partial charge in [-0.15, -0.1) is 0 Å². The minimum atomic E-state index is -0.988. The lowest BCUT2D eigenvalue weighted by molar-refractivity contribution is -0.123. The van der Waals surface area contributed by atoms with E-state index in [2.05, 4.69) is 21.5 Å². The van der Waals surface area contributed by atoms with Gasteiger partial charge in [-0.3, -0.25) is 9.59 Å². The predicted molar refractivity (Wildman–Crippen MR) is 147 cm³/mol. The van der Waals surface area contributed by atoms with Crippen LogP contribution in [-0.4, -0.2) is 44.8 Å². The number of nitrogens with one attached hydrogen (secondary N) is 1. The van der Waals surface area contributed by atoms with Crippen LogP contribution in [0.2, 0.25) is 0 Å². The van der Waals surface area contributed by atoms with Crippen LogP contribution in [0.3, 0.4) is 0 Å². The molecule has 10 nitrogen and oxygen atoms in total. The number of nitrogens with zero attached hydrogens (tertiary/aromatic N) is 5. The molecule has 1 atom stereocenters. The van der Waals surface area contributed by atoms with Crippen LogP contribution in [0.25, 0.3) is 11.1 Å². The number of nitriles is 1. The third kappa shape index (κ3) is 5.82. The van der Waals surface area contributed by atoms with Crippen molar-refractivity contribution in [1.82, 2.24) is 20.1 Å².